The van der Waals surface area contributed by atoms with Crippen LogP contribution in [0.4, 0.5) is 0 Å². The van der Waals surface area contributed by atoms with Gasteiger partial charge in [-0.05, 0) is 90.2 Å². The van der Waals surface area contributed by atoms with Crippen LogP contribution in [-0.2, 0) is 5.41 Å². The largest absolute Gasteiger partial charge is 0.282 e. The Morgan fingerprint density at radius 2 is 1.05 bits per heavy atom. The third-order valence-electron chi connectivity index (χ3n) is 11.0. The zero-order valence-corrected chi connectivity index (χ0v) is 31.0. The van der Waals surface area contributed by atoms with Gasteiger partial charge >= 0.3 is 0 Å². The lowest BCUT2D eigenvalue weighted by Crippen LogP contribution is -2.14. The van der Waals surface area contributed by atoms with Gasteiger partial charge in [0.15, 0.2) is 5.84 Å². The predicted molar refractivity (Wildman–Crippen MR) is 233 cm³/mol. The molecule has 9 rings (SSSR count). The molecular formula is C53H40N2. The molecule has 1 aliphatic rings. The van der Waals surface area contributed by atoms with Crippen molar-refractivity contribution in [3.8, 4) is 44.5 Å². The van der Waals surface area contributed by atoms with Gasteiger partial charge in [-0.2, -0.15) is 0 Å². The van der Waals surface area contributed by atoms with Crippen LogP contribution in [-0.4, -0.2) is 11.5 Å². The maximum atomic E-state index is 9.04. The third kappa shape index (κ3) is 6.32. The Balaban J connectivity index is 1.15. The maximum absolute atomic E-state index is 9.04. The van der Waals surface area contributed by atoms with E-state index in [0.717, 1.165) is 44.7 Å². The minimum atomic E-state index is -0.0268. The Labute approximate surface area is 323 Å². The number of allylic oxidation sites excluding steroid dienone is 1. The molecule has 0 unspecified atom stereocenters. The fourth-order valence-corrected chi connectivity index (χ4v) is 8.18. The summed E-state index contributed by atoms with van der Waals surface area (Å²) in [7, 11) is 0. The van der Waals surface area contributed by atoms with Crippen molar-refractivity contribution in [2.45, 2.75) is 19.3 Å². The summed E-state index contributed by atoms with van der Waals surface area (Å²) in [5.41, 5.74) is 15.9. The highest BCUT2D eigenvalue weighted by molar-refractivity contribution is 6.18. The van der Waals surface area contributed by atoms with Crippen LogP contribution in [0.3, 0.4) is 0 Å². The second-order valence-electron chi connectivity index (χ2n) is 14.7. The van der Waals surface area contributed by atoms with Gasteiger partial charge in [0.05, 0.1) is 5.71 Å². The lowest BCUT2D eigenvalue weighted by Gasteiger charge is -2.21. The number of rotatable bonds is 7. The number of nitrogens with zero attached hydrogens (tertiary/aromatic N) is 1. The molecule has 0 aliphatic heterocycles. The Morgan fingerprint density at radius 1 is 0.455 bits per heavy atom. The number of amidine groups is 1. The highest BCUT2D eigenvalue weighted by Crippen LogP contribution is 2.50. The van der Waals surface area contributed by atoms with Crippen LogP contribution in [0.15, 0.2) is 199 Å². The topological polar surface area (TPSA) is 36.2 Å². The van der Waals surface area contributed by atoms with Crippen LogP contribution >= 0.6 is 0 Å². The SMILES string of the molecule is CC1(C)c2ccccc2-c2cc(-c3ccc(/C=C/C(=NC(=N)c4ccccc4)c4ccc(-c5ccccc5)c(-c5ccccc5)c4)c4ccccc34)ccc21. The fourth-order valence-electron chi connectivity index (χ4n) is 8.18. The van der Waals surface area contributed by atoms with E-state index in [0.29, 0.717) is 0 Å². The molecule has 0 saturated carbocycles. The lowest BCUT2D eigenvalue weighted by atomic mass is 9.82. The van der Waals surface area contributed by atoms with E-state index in [2.05, 4.69) is 172 Å². The Bertz CT molecular complexity index is 2770. The fraction of sp³-hybridized carbons (Fsp3) is 0.0566. The zero-order chi connectivity index (χ0) is 37.4. The van der Waals surface area contributed by atoms with E-state index in [1.165, 1.54) is 44.2 Å². The molecule has 8 aromatic rings. The van der Waals surface area contributed by atoms with Gasteiger partial charge in [-0.3, -0.25) is 5.41 Å². The molecule has 1 N–H and O–H groups in total. The molecule has 0 bridgehead atoms. The molecule has 0 spiro atoms. The van der Waals surface area contributed by atoms with E-state index < -0.39 is 0 Å². The maximum Gasteiger partial charge on any atom is 0.152 e. The highest BCUT2D eigenvalue weighted by atomic mass is 14.8. The minimum Gasteiger partial charge on any atom is -0.282 e. The van der Waals surface area contributed by atoms with Gasteiger partial charge in [-0.1, -0.05) is 196 Å². The van der Waals surface area contributed by atoms with Crippen LogP contribution in [0.25, 0.3) is 61.4 Å². The molecule has 2 nitrogen and oxygen atoms in total. The number of benzene rings is 8. The van der Waals surface area contributed by atoms with Crippen molar-refractivity contribution >= 4 is 28.4 Å². The molecule has 0 fully saturated rings. The van der Waals surface area contributed by atoms with Gasteiger partial charge in [0.2, 0.25) is 0 Å². The molecular weight excluding hydrogens is 665 g/mol. The van der Waals surface area contributed by atoms with Crippen LogP contribution in [0.5, 0.6) is 0 Å². The van der Waals surface area contributed by atoms with Gasteiger partial charge < -0.3 is 0 Å². The summed E-state index contributed by atoms with van der Waals surface area (Å²) in [5.74, 6) is 0.218. The second-order valence-corrected chi connectivity index (χ2v) is 14.7. The summed E-state index contributed by atoms with van der Waals surface area (Å²) in [6, 6.07) is 66.2. The van der Waals surface area contributed by atoms with E-state index in [-0.39, 0.29) is 11.3 Å². The summed E-state index contributed by atoms with van der Waals surface area (Å²) >= 11 is 0. The van der Waals surface area contributed by atoms with Crippen molar-refractivity contribution in [3.63, 3.8) is 0 Å². The summed E-state index contributed by atoms with van der Waals surface area (Å²) in [5, 5.41) is 11.4. The molecule has 0 atom stereocenters. The highest BCUT2D eigenvalue weighted by Gasteiger charge is 2.35. The molecule has 0 aromatic heterocycles. The first kappa shape index (κ1) is 33.9. The summed E-state index contributed by atoms with van der Waals surface area (Å²) < 4.78 is 0. The summed E-state index contributed by atoms with van der Waals surface area (Å²) in [6.07, 6.45) is 4.22. The van der Waals surface area contributed by atoms with Crippen LogP contribution in [0, 0.1) is 5.41 Å². The zero-order valence-electron chi connectivity index (χ0n) is 31.0. The van der Waals surface area contributed by atoms with Crippen LogP contribution in [0.2, 0.25) is 0 Å². The van der Waals surface area contributed by atoms with Crippen molar-refractivity contribution < 1.29 is 0 Å². The Hall–Kier alpha value is -6.90. The number of nitrogens with one attached hydrogen (secondary N) is 1. The van der Waals surface area contributed by atoms with Crippen LogP contribution < -0.4 is 0 Å². The van der Waals surface area contributed by atoms with E-state index >= 15 is 0 Å². The first-order valence-electron chi connectivity index (χ1n) is 18.9. The first-order chi connectivity index (χ1) is 27.0. The lowest BCUT2D eigenvalue weighted by molar-refractivity contribution is 0.660. The molecule has 0 saturated heterocycles. The van der Waals surface area contributed by atoms with Crippen LogP contribution in [0.1, 0.15) is 41.7 Å². The van der Waals surface area contributed by atoms with E-state index in [1.54, 1.807) is 0 Å². The van der Waals surface area contributed by atoms with Crippen molar-refractivity contribution in [1.82, 2.24) is 0 Å². The monoisotopic (exact) mass is 704 g/mol. The van der Waals surface area contributed by atoms with E-state index in [4.69, 9.17) is 10.4 Å². The number of hydrogen-bond donors (Lipinski definition) is 1. The van der Waals surface area contributed by atoms with E-state index in [9.17, 15) is 0 Å². The first-order valence-corrected chi connectivity index (χ1v) is 18.9. The molecule has 0 amide bonds. The summed E-state index contributed by atoms with van der Waals surface area (Å²) in [6.45, 7) is 4.65. The summed E-state index contributed by atoms with van der Waals surface area (Å²) in [4.78, 5) is 4.99. The standard InChI is InChI=1S/C53H40N2/c1-53(2)49-25-15-14-24-46(49)48-34-40(28-32-50(48)53)44-30-26-38(42-22-12-13-23-45(42)44)29-33-51(55-52(54)39-20-10-5-11-21-39)41-27-31-43(36-16-6-3-7-17-36)47(35-41)37-18-8-4-9-19-37/h3-35,54H,1-2H3/b33-29+,54-52?,55-51?. The number of aliphatic imine (C=N–C) groups is 1. The Kier molecular flexibility index (Phi) is 8.72. The van der Waals surface area contributed by atoms with Crippen molar-refractivity contribution in [2.24, 2.45) is 4.99 Å². The van der Waals surface area contributed by atoms with Crippen molar-refractivity contribution in [2.75, 3.05) is 0 Å². The average Bonchev–Trinajstić information content (AvgIpc) is 3.48. The molecule has 0 radical (unpaired) electrons. The molecule has 55 heavy (non-hydrogen) atoms. The minimum absolute atomic E-state index is 0.0268. The molecule has 0 heterocycles. The molecule has 1 aliphatic carbocycles. The van der Waals surface area contributed by atoms with Crippen molar-refractivity contribution in [1.29, 1.82) is 5.41 Å². The Morgan fingerprint density at radius 3 is 1.80 bits per heavy atom. The van der Waals surface area contributed by atoms with E-state index in [1.807, 2.05) is 42.5 Å². The number of hydrogen-bond acceptors (Lipinski definition) is 1. The molecule has 262 valence electrons. The smallest absolute Gasteiger partial charge is 0.152 e. The third-order valence-corrected chi connectivity index (χ3v) is 11.0. The second kappa shape index (κ2) is 14.2. The molecule has 8 aromatic carbocycles. The van der Waals surface area contributed by atoms with Crippen molar-refractivity contribution in [3.05, 3.63) is 222 Å². The average molecular weight is 705 g/mol. The molecule has 2 heteroatoms. The normalized spacial score (nSPS) is 13.2. The van der Waals surface area contributed by atoms with Gasteiger partial charge in [0.1, 0.15) is 0 Å². The van der Waals surface area contributed by atoms with Gasteiger partial charge in [0.25, 0.3) is 0 Å². The van der Waals surface area contributed by atoms with Gasteiger partial charge in [0, 0.05) is 16.5 Å². The van der Waals surface area contributed by atoms with Gasteiger partial charge in [-0.15, -0.1) is 0 Å². The quantitative estimate of drug-likeness (QED) is 0.127. The number of fused-ring (bicyclic) bond motifs is 4. The predicted octanol–water partition coefficient (Wildman–Crippen LogP) is 13.7. The van der Waals surface area contributed by atoms with Gasteiger partial charge in [-0.25, -0.2) is 4.99 Å².